The summed E-state index contributed by atoms with van der Waals surface area (Å²) in [5.74, 6) is -2.69. The predicted molar refractivity (Wildman–Crippen MR) is 85.9 cm³/mol. The summed E-state index contributed by atoms with van der Waals surface area (Å²) in [5.41, 5.74) is -1.05. The number of hydrogen-bond donors (Lipinski definition) is 3. The normalized spacial score (nSPS) is 17.3. The quantitative estimate of drug-likeness (QED) is 0.752. The third-order valence-electron chi connectivity index (χ3n) is 2.97. The second-order valence-electron chi connectivity index (χ2n) is 6.13. The van der Waals surface area contributed by atoms with Crippen molar-refractivity contribution in [3.8, 4) is 0 Å². The molecule has 0 fully saturated rings. The predicted octanol–water partition coefficient (Wildman–Crippen LogP) is 2.46. The van der Waals surface area contributed by atoms with Crippen molar-refractivity contribution >= 4 is 35.4 Å². The average Bonchev–Trinajstić information content (AvgIpc) is 2.56. The van der Waals surface area contributed by atoms with Crippen molar-refractivity contribution in [1.82, 2.24) is 5.32 Å². The molecule has 130 valence electrons. The summed E-state index contributed by atoms with van der Waals surface area (Å²) in [7, 11) is 0. The topological polar surface area (TPSA) is 105 Å². The number of fused-ring (bicyclic) bond motifs is 1. The first-order valence-electron chi connectivity index (χ1n) is 7.07. The zero-order valence-electron chi connectivity index (χ0n) is 13.3. The van der Waals surface area contributed by atoms with Crippen LogP contribution in [-0.2, 0) is 9.53 Å². The molecule has 1 aliphatic heterocycles. The van der Waals surface area contributed by atoms with Gasteiger partial charge in [-0.2, -0.15) is 0 Å². The van der Waals surface area contributed by atoms with E-state index in [1.54, 1.807) is 20.8 Å². The second-order valence-corrected chi connectivity index (χ2v) is 7.19. The summed E-state index contributed by atoms with van der Waals surface area (Å²) in [6.07, 6.45) is -0.744. The van der Waals surface area contributed by atoms with Gasteiger partial charge in [0.05, 0.1) is 11.3 Å². The molecule has 1 aliphatic rings. The first-order valence-corrected chi connectivity index (χ1v) is 8.05. The molecule has 0 bridgehead atoms. The van der Waals surface area contributed by atoms with Crippen LogP contribution in [0, 0.1) is 5.82 Å². The van der Waals surface area contributed by atoms with Crippen molar-refractivity contribution in [3.63, 3.8) is 0 Å². The summed E-state index contributed by atoms with van der Waals surface area (Å²) in [6.45, 7) is 5.08. The minimum Gasteiger partial charge on any atom is -0.478 e. The van der Waals surface area contributed by atoms with Crippen LogP contribution in [0.2, 0.25) is 0 Å². The lowest BCUT2D eigenvalue weighted by atomic mass is 10.2. The highest BCUT2D eigenvalue weighted by molar-refractivity contribution is 7.99. The average molecular weight is 356 g/mol. The molecule has 7 nitrogen and oxygen atoms in total. The number of halogens is 1. The number of ether oxygens (including phenoxy) is 1. The Kier molecular flexibility index (Phi) is 5.02. The molecule has 1 aromatic carbocycles. The Balaban J connectivity index is 2.16. The van der Waals surface area contributed by atoms with Crippen molar-refractivity contribution in [2.45, 2.75) is 37.3 Å². The fourth-order valence-electron chi connectivity index (χ4n) is 1.96. The van der Waals surface area contributed by atoms with Crippen molar-refractivity contribution in [2.24, 2.45) is 0 Å². The first kappa shape index (κ1) is 18.1. The number of aromatic carboxylic acids is 1. The van der Waals surface area contributed by atoms with Crippen LogP contribution in [0.1, 0.15) is 31.1 Å². The van der Waals surface area contributed by atoms with Gasteiger partial charge in [-0.15, -0.1) is 11.8 Å². The Bertz CT molecular complexity index is 702. The van der Waals surface area contributed by atoms with E-state index in [0.717, 1.165) is 23.9 Å². The zero-order chi connectivity index (χ0) is 18.1. The number of hydrogen-bond acceptors (Lipinski definition) is 5. The van der Waals surface area contributed by atoms with Gasteiger partial charge >= 0.3 is 12.1 Å². The zero-order valence-corrected chi connectivity index (χ0v) is 14.1. The third kappa shape index (κ3) is 4.38. The molecule has 24 heavy (non-hydrogen) atoms. The fraction of sp³-hybridized carbons (Fsp3) is 0.400. The molecule has 0 saturated heterocycles. The number of amides is 2. The van der Waals surface area contributed by atoms with E-state index in [2.05, 4.69) is 10.6 Å². The molecule has 3 N–H and O–H groups in total. The van der Waals surface area contributed by atoms with Gasteiger partial charge in [-0.1, -0.05) is 0 Å². The molecule has 0 spiro atoms. The molecule has 0 radical (unpaired) electrons. The van der Waals surface area contributed by atoms with Crippen LogP contribution in [0.3, 0.4) is 0 Å². The Hall–Kier alpha value is -2.29. The van der Waals surface area contributed by atoms with Gasteiger partial charge < -0.3 is 20.5 Å². The van der Waals surface area contributed by atoms with Crippen LogP contribution in [0.4, 0.5) is 14.9 Å². The summed E-state index contributed by atoms with van der Waals surface area (Å²) in [6, 6.07) is 1.22. The van der Waals surface area contributed by atoms with Crippen molar-refractivity contribution < 1.29 is 28.6 Å². The molecule has 2 rings (SSSR count). The lowest BCUT2D eigenvalue weighted by molar-refractivity contribution is -0.117. The third-order valence-corrected chi connectivity index (χ3v) is 4.12. The van der Waals surface area contributed by atoms with Gasteiger partial charge in [0, 0.05) is 10.6 Å². The van der Waals surface area contributed by atoms with E-state index in [0.29, 0.717) is 4.90 Å². The summed E-state index contributed by atoms with van der Waals surface area (Å²) >= 11 is 1.13. The molecule has 1 aromatic rings. The monoisotopic (exact) mass is 356 g/mol. The highest BCUT2D eigenvalue weighted by atomic mass is 32.2. The highest BCUT2D eigenvalue weighted by Crippen LogP contribution is 2.33. The molecule has 0 unspecified atom stereocenters. The van der Waals surface area contributed by atoms with Crippen LogP contribution >= 0.6 is 11.8 Å². The number of thioether (sulfide) groups is 1. The number of nitrogens with one attached hydrogen (secondary N) is 2. The molecular weight excluding hydrogens is 339 g/mol. The molecule has 0 aromatic heterocycles. The minimum atomic E-state index is -1.43. The van der Waals surface area contributed by atoms with Gasteiger partial charge in [-0.3, -0.25) is 4.79 Å². The Morgan fingerprint density at radius 2 is 2.08 bits per heavy atom. The van der Waals surface area contributed by atoms with E-state index in [-0.39, 0.29) is 11.4 Å². The van der Waals surface area contributed by atoms with Gasteiger partial charge in [0.25, 0.3) is 0 Å². The summed E-state index contributed by atoms with van der Waals surface area (Å²) in [5, 5.41) is 13.9. The van der Waals surface area contributed by atoms with Crippen LogP contribution in [0.15, 0.2) is 17.0 Å². The molecule has 2 amide bonds. The number of rotatable bonds is 2. The van der Waals surface area contributed by atoms with Gasteiger partial charge in [0.2, 0.25) is 5.91 Å². The molecule has 1 atom stereocenters. The lowest BCUT2D eigenvalue weighted by Crippen LogP contribution is -2.46. The molecule has 9 heteroatoms. The number of carbonyl (C=O) groups excluding carboxylic acids is 2. The number of benzene rings is 1. The molecule has 0 saturated carbocycles. The molecule has 1 heterocycles. The van der Waals surface area contributed by atoms with Crippen LogP contribution in [0.5, 0.6) is 0 Å². The number of anilines is 1. The van der Waals surface area contributed by atoms with E-state index in [9.17, 15) is 18.8 Å². The number of alkyl carbamates (subject to hydrolysis) is 1. The maximum absolute atomic E-state index is 13.8. The van der Waals surface area contributed by atoms with E-state index < -0.39 is 41.0 Å². The van der Waals surface area contributed by atoms with Gasteiger partial charge in [-0.05, 0) is 32.9 Å². The number of carbonyl (C=O) groups is 3. The van der Waals surface area contributed by atoms with Crippen LogP contribution in [-0.4, -0.2) is 40.5 Å². The lowest BCUT2D eigenvalue weighted by Gasteiger charge is -2.22. The SMILES string of the molecule is CC(C)(C)OC(=O)N[C@H]1CSc2cc(F)c(C(=O)O)cc2NC1=O. The van der Waals surface area contributed by atoms with Crippen molar-refractivity contribution in [1.29, 1.82) is 0 Å². The van der Waals surface area contributed by atoms with Crippen molar-refractivity contribution in [3.05, 3.63) is 23.5 Å². The minimum absolute atomic E-state index is 0.157. The maximum Gasteiger partial charge on any atom is 0.408 e. The van der Waals surface area contributed by atoms with Crippen LogP contribution < -0.4 is 10.6 Å². The molecular formula is C15H17FN2O5S. The Morgan fingerprint density at radius 1 is 1.42 bits per heavy atom. The van der Waals surface area contributed by atoms with E-state index in [4.69, 9.17) is 9.84 Å². The Morgan fingerprint density at radius 3 is 2.67 bits per heavy atom. The van der Waals surface area contributed by atoms with Gasteiger partial charge in [0.1, 0.15) is 17.5 Å². The van der Waals surface area contributed by atoms with E-state index >= 15 is 0 Å². The smallest absolute Gasteiger partial charge is 0.408 e. The molecule has 0 aliphatic carbocycles. The van der Waals surface area contributed by atoms with Gasteiger partial charge in [-0.25, -0.2) is 14.0 Å². The van der Waals surface area contributed by atoms with E-state index in [1.165, 1.54) is 0 Å². The Labute approximate surface area is 141 Å². The second kappa shape index (κ2) is 6.68. The van der Waals surface area contributed by atoms with Gasteiger partial charge in [0.15, 0.2) is 0 Å². The number of carboxylic acids is 1. The highest BCUT2D eigenvalue weighted by Gasteiger charge is 2.29. The van der Waals surface area contributed by atoms with Crippen molar-refractivity contribution in [2.75, 3.05) is 11.1 Å². The number of carboxylic acid groups (broad SMARTS) is 1. The van der Waals surface area contributed by atoms with Crippen LogP contribution in [0.25, 0.3) is 0 Å². The summed E-state index contributed by atoms with van der Waals surface area (Å²) in [4.78, 5) is 35.4. The fourth-order valence-corrected chi connectivity index (χ4v) is 2.99. The standard InChI is InChI=1S/C15H17FN2O5S/c1-15(2,3)23-14(22)18-10-6-24-11-5-8(16)7(13(20)21)4-9(11)17-12(10)19/h4-5,10H,6H2,1-3H3,(H,17,19)(H,18,22)(H,20,21)/t10-/m0/s1. The van der Waals surface area contributed by atoms with E-state index in [1.807, 2.05) is 0 Å². The first-order chi connectivity index (χ1) is 11.1. The largest absolute Gasteiger partial charge is 0.478 e. The summed E-state index contributed by atoms with van der Waals surface area (Å²) < 4.78 is 18.9. The maximum atomic E-state index is 13.8.